The molecule has 0 aromatic heterocycles. The first kappa shape index (κ1) is 22.2. The quantitative estimate of drug-likeness (QED) is 0.501. The summed E-state index contributed by atoms with van der Waals surface area (Å²) in [4.78, 5) is 24.6. The number of carbonyl (C=O) groups is 2. The maximum absolute atomic E-state index is 13.2. The SMILES string of the molecule is CN(C)C(=O)C(N)Cc1ccc(Oc2ccc(C(=O)NO)c(C(F)(F)F)c2)cc1. The molecule has 0 bridgehead atoms. The van der Waals surface area contributed by atoms with E-state index in [9.17, 15) is 22.8 Å². The number of likely N-dealkylation sites (N-methyl/N-ethyl adjacent to an activating group) is 1. The molecule has 156 valence electrons. The van der Waals surface area contributed by atoms with Crippen LogP contribution in [-0.4, -0.2) is 42.1 Å². The number of amides is 2. The molecule has 0 saturated heterocycles. The van der Waals surface area contributed by atoms with Crippen molar-refractivity contribution >= 4 is 11.8 Å². The number of ether oxygens (including phenoxy) is 1. The molecule has 0 saturated carbocycles. The van der Waals surface area contributed by atoms with Gasteiger partial charge in [0.1, 0.15) is 11.5 Å². The van der Waals surface area contributed by atoms with Gasteiger partial charge in [0.2, 0.25) is 5.91 Å². The first-order chi connectivity index (χ1) is 13.5. The molecule has 0 spiro atoms. The minimum Gasteiger partial charge on any atom is -0.457 e. The van der Waals surface area contributed by atoms with Gasteiger partial charge in [-0.1, -0.05) is 12.1 Å². The van der Waals surface area contributed by atoms with Crippen LogP contribution in [0.1, 0.15) is 21.5 Å². The summed E-state index contributed by atoms with van der Waals surface area (Å²) in [5.41, 5.74) is 5.80. The van der Waals surface area contributed by atoms with Gasteiger partial charge in [-0.15, -0.1) is 0 Å². The molecule has 0 aliphatic carbocycles. The third kappa shape index (κ3) is 5.69. The van der Waals surface area contributed by atoms with Crippen molar-refractivity contribution in [1.29, 1.82) is 0 Å². The van der Waals surface area contributed by atoms with Crippen LogP contribution in [0.4, 0.5) is 13.2 Å². The first-order valence-electron chi connectivity index (χ1n) is 8.42. The lowest BCUT2D eigenvalue weighted by Gasteiger charge is -2.17. The van der Waals surface area contributed by atoms with Crippen LogP contribution >= 0.6 is 0 Å². The molecule has 0 aliphatic heterocycles. The summed E-state index contributed by atoms with van der Waals surface area (Å²) in [6, 6.07) is 8.41. The van der Waals surface area contributed by atoms with Gasteiger partial charge in [0, 0.05) is 14.1 Å². The Bertz CT molecular complexity index is 883. The molecule has 1 atom stereocenters. The second-order valence-electron chi connectivity index (χ2n) is 6.44. The molecule has 2 rings (SSSR count). The van der Waals surface area contributed by atoms with Crippen molar-refractivity contribution < 1.29 is 32.7 Å². The van der Waals surface area contributed by atoms with E-state index in [-0.39, 0.29) is 17.4 Å². The van der Waals surface area contributed by atoms with Gasteiger partial charge in [-0.05, 0) is 42.3 Å². The molecule has 0 heterocycles. The van der Waals surface area contributed by atoms with Gasteiger partial charge in [-0.3, -0.25) is 14.8 Å². The van der Waals surface area contributed by atoms with E-state index in [0.29, 0.717) is 12.5 Å². The zero-order chi connectivity index (χ0) is 21.8. The van der Waals surface area contributed by atoms with Crippen molar-refractivity contribution in [3.05, 3.63) is 59.2 Å². The number of alkyl halides is 3. The molecule has 29 heavy (non-hydrogen) atoms. The second-order valence-corrected chi connectivity index (χ2v) is 6.44. The van der Waals surface area contributed by atoms with Gasteiger partial charge < -0.3 is 15.4 Å². The van der Waals surface area contributed by atoms with Crippen molar-refractivity contribution in [2.24, 2.45) is 5.73 Å². The predicted octanol–water partition coefficient (Wildman–Crippen LogP) is 2.57. The van der Waals surface area contributed by atoms with Gasteiger partial charge in [-0.2, -0.15) is 13.2 Å². The maximum atomic E-state index is 13.2. The van der Waals surface area contributed by atoms with Crippen LogP contribution in [0.3, 0.4) is 0 Å². The molecule has 2 aromatic rings. The number of hydroxylamine groups is 1. The highest BCUT2D eigenvalue weighted by Gasteiger charge is 2.35. The smallest absolute Gasteiger partial charge is 0.417 e. The van der Waals surface area contributed by atoms with Gasteiger partial charge >= 0.3 is 6.18 Å². The van der Waals surface area contributed by atoms with Crippen LogP contribution in [0, 0.1) is 0 Å². The van der Waals surface area contributed by atoms with Gasteiger partial charge in [0.25, 0.3) is 5.91 Å². The summed E-state index contributed by atoms with van der Waals surface area (Å²) in [6.07, 6.45) is -4.53. The molecule has 0 radical (unpaired) electrons. The summed E-state index contributed by atoms with van der Waals surface area (Å²) < 4.78 is 45.0. The van der Waals surface area contributed by atoms with E-state index >= 15 is 0 Å². The highest BCUT2D eigenvalue weighted by molar-refractivity contribution is 5.95. The number of carbonyl (C=O) groups excluding carboxylic acids is 2. The Balaban J connectivity index is 2.18. The highest BCUT2D eigenvalue weighted by atomic mass is 19.4. The van der Waals surface area contributed by atoms with E-state index < -0.39 is 29.3 Å². The van der Waals surface area contributed by atoms with Crippen molar-refractivity contribution in [2.75, 3.05) is 14.1 Å². The number of nitrogens with two attached hydrogens (primary N) is 1. The molecule has 10 heteroatoms. The number of benzene rings is 2. The predicted molar refractivity (Wildman–Crippen MR) is 97.6 cm³/mol. The zero-order valence-corrected chi connectivity index (χ0v) is 15.7. The van der Waals surface area contributed by atoms with Crippen molar-refractivity contribution in [2.45, 2.75) is 18.6 Å². The fraction of sp³-hybridized carbons (Fsp3) is 0.263. The third-order valence-electron chi connectivity index (χ3n) is 4.02. The number of hydrogen-bond acceptors (Lipinski definition) is 5. The van der Waals surface area contributed by atoms with E-state index in [2.05, 4.69) is 0 Å². The molecule has 7 nitrogen and oxygen atoms in total. The van der Waals surface area contributed by atoms with Crippen molar-refractivity contribution in [3.8, 4) is 11.5 Å². The molecule has 1 unspecified atom stereocenters. The fourth-order valence-corrected chi connectivity index (χ4v) is 2.58. The third-order valence-corrected chi connectivity index (χ3v) is 4.02. The summed E-state index contributed by atoms with van der Waals surface area (Å²) in [5.74, 6) is -1.39. The highest BCUT2D eigenvalue weighted by Crippen LogP contribution is 2.35. The molecular weight excluding hydrogens is 391 g/mol. The Labute approximate surface area is 164 Å². The summed E-state index contributed by atoms with van der Waals surface area (Å²) in [7, 11) is 3.20. The lowest BCUT2D eigenvalue weighted by molar-refractivity contribution is -0.138. The van der Waals surface area contributed by atoms with Gasteiger partial charge in [0.05, 0.1) is 17.2 Å². The van der Waals surface area contributed by atoms with Gasteiger partial charge in [0.15, 0.2) is 0 Å². The molecule has 2 amide bonds. The lowest BCUT2D eigenvalue weighted by atomic mass is 10.1. The van der Waals surface area contributed by atoms with Gasteiger partial charge in [-0.25, -0.2) is 5.48 Å². The molecule has 0 aliphatic rings. The van der Waals surface area contributed by atoms with Crippen molar-refractivity contribution in [3.63, 3.8) is 0 Å². The Kier molecular flexibility index (Phi) is 6.83. The second kappa shape index (κ2) is 8.93. The molecule has 2 aromatic carbocycles. The molecular formula is C19H20F3N3O4. The van der Waals surface area contributed by atoms with Crippen LogP contribution in [0.25, 0.3) is 0 Å². The molecule has 0 fully saturated rings. The minimum absolute atomic E-state index is 0.140. The van der Waals surface area contributed by atoms with Crippen LogP contribution in [-0.2, 0) is 17.4 Å². The monoisotopic (exact) mass is 411 g/mol. The summed E-state index contributed by atoms with van der Waals surface area (Å²) in [5, 5.41) is 8.61. The maximum Gasteiger partial charge on any atom is 0.417 e. The number of hydrogen-bond donors (Lipinski definition) is 3. The topological polar surface area (TPSA) is 105 Å². The van der Waals surface area contributed by atoms with Crippen LogP contribution in [0.5, 0.6) is 11.5 Å². The average molecular weight is 411 g/mol. The zero-order valence-electron chi connectivity index (χ0n) is 15.7. The lowest BCUT2D eigenvalue weighted by Crippen LogP contribution is -2.41. The Morgan fingerprint density at radius 2 is 1.72 bits per heavy atom. The van der Waals surface area contributed by atoms with Crippen molar-refractivity contribution in [1.82, 2.24) is 10.4 Å². The normalized spacial score (nSPS) is 12.2. The number of rotatable bonds is 6. The molecule has 4 N–H and O–H groups in total. The standard InChI is InChI=1S/C19H20F3N3O4/c1-25(2)18(27)16(23)9-11-3-5-12(6-4-11)29-13-7-8-14(17(26)24-28)15(10-13)19(20,21)22/h3-8,10,16,28H,9,23H2,1-2H3,(H,24,26). The Hall–Kier alpha value is -3.11. The number of nitrogens with one attached hydrogen (secondary N) is 1. The van der Waals surface area contributed by atoms with E-state index in [0.717, 1.165) is 11.6 Å². The minimum atomic E-state index is -4.82. The fourth-order valence-electron chi connectivity index (χ4n) is 2.58. The number of nitrogens with zero attached hydrogens (tertiary/aromatic N) is 1. The Morgan fingerprint density at radius 1 is 1.14 bits per heavy atom. The largest absolute Gasteiger partial charge is 0.457 e. The number of halogens is 3. The van der Waals surface area contributed by atoms with Crippen LogP contribution < -0.4 is 16.0 Å². The van der Waals surface area contributed by atoms with E-state index in [1.807, 2.05) is 0 Å². The average Bonchev–Trinajstić information content (AvgIpc) is 2.67. The first-order valence-corrected chi connectivity index (χ1v) is 8.42. The van der Waals surface area contributed by atoms with E-state index in [1.165, 1.54) is 28.6 Å². The summed E-state index contributed by atoms with van der Waals surface area (Å²) in [6.45, 7) is 0. The Morgan fingerprint density at radius 3 is 2.24 bits per heavy atom. The summed E-state index contributed by atoms with van der Waals surface area (Å²) >= 11 is 0. The van der Waals surface area contributed by atoms with Crippen LogP contribution in [0.15, 0.2) is 42.5 Å². The van der Waals surface area contributed by atoms with Crippen LogP contribution in [0.2, 0.25) is 0 Å². The van der Waals surface area contributed by atoms with E-state index in [4.69, 9.17) is 15.7 Å². The van der Waals surface area contributed by atoms with E-state index in [1.54, 1.807) is 26.2 Å².